The predicted octanol–water partition coefficient (Wildman–Crippen LogP) is 2.39. The first kappa shape index (κ1) is 20.8. The quantitative estimate of drug-likeness (QED) is 0.497. The molecule has 1 fully saturated rings. The van der Waals surface area contributed by atoms with Crippen LogP contribution in [0, 0.1) is 0 Å². The zero-order valence-corrected chi connectivity index (χ0v) is 17.4. The highest BCUT2D eigenvalue weighted by Crippen LogP contribution is 2.33. The van der Waals surface area contributed by atoms with E-state index in [-0.39, 0.29) is 6.04 Å². The van der Waals surface area contributed by atoms with Gasteiger partial charge in [0.2, 0.25) is 5.91 Å². The summed E-state index contributed by atoms with van der Waals surface area (Å²) in [6, 6.07) is 13.1. The predicted molar refractivity (Wildman–Crippen MR) is 117 cm³/mol. The standard InChI is InChI=1S/C21H26ClN5O2/c1-24-21(25-12-14-4-3-5-15(10-14)20(23)28)26-17-8-9-27(13-17)18-11-16(22)6-7-19(18)29-2/h3-7,10-11,17H,8-9,12-13H2,1-2H3,(H2,23,28)(H2,24,25,26). The molecular formula is C21H26ClN5O2. The number of hydrogen-bond acceptors (Lipinski definition) is 4. The molecule has 0 radical (unpaired) electrons. The number of nitrogens with two attached hydrogens (primary N) is 1. The highest BCUT2D eigenvalue weighted by atomic mass is 35.5. The number of halogens is 1. The van der Waals surface area contributed by atoms with Gasteiger partial charge in [-0.15, -0.1) is 0 Å². The molecule has 0 bridgehead atoms. The Bertz CT molecular complexity index is 902. The largest absolute Gasteiger partial charge is 0.495 e. The average molecular weight is 416 g/mol. The van der Waals surface area contributed by atoms with Gasteiger partial charge in [0, 0.05) is 43.3 Å². The Balaban J connectivity index is 1.58. The van der Waals surface area contributed by atoms with E-state index in [0.717, 1.165) is 36.5 Å². The molecule has 29 heavy (non-hydrogen) atoms. The summed E-state index contributed by atoms with van der Waals surface area (Å²) in [5.41, 5.74) is 7.80. The van der Waals surface area contributed by atoms with Gasteiger partial charge in [0.15, 0.2) is 5.96 Å². The van der Waals surface area contributed by atoms with Crippen molar-refractivity contribution in [3.05, 3.63) is 58.6 Å². The maximum atomic E-state index is 11.3. The molecule has 0 aromatic heterocycles. The second kappa shape index (κ2) is 9.52. The number of methoxy groups -OCH3 is 1. The molecular weight excluding hydrogens is 390 g/mol. The van der Waals surface area contributed by atoms with Crippen LogP contribution in [0.3, 0.4) is 0 Å². The fourth-order valence-corrected chi connectivity index (χ4v) is 3.58. The lowest BCUT2D eigenvalue weighted by Crippen LogP contribution is -2.44. The van der Waals surface area contributed by atoms with Gasteiger partial charge in [0.1, 0.15) is 5.75 Å². The molecule has 1 unspecified atom stereocenters. The number of nitrogens with zero attached hydrogens (tertiary/aromatic N) is 2. The Morgan fingerprint density at radius 2 is 2.17 bits per heavy atom. The number of primary amides is 1. The van der Waals surface area contributed by atoms with Crippen LogP contribution in [-0.4, -0.2) is 45.2 Å². The molecule has 1 heterocycles. The number of nitrogens with one attached hydrogen (secondary N) is 2. The van der Waals surface area contributed by atoms with E-state index in [1.807, 2.05) is 30.3 Å². The third-order valence-corrected chi connectivity index (χ3v) is 5.14. The molecule has 0 aliphatic carbocycles. The fraction of sp³-hybridized carbons (Fsp3) is 0.333. The summed E-state index contributed by atoms with van der Waals surface area (Å²) in [5, 5.41) is 7.43. The molecule has 1 aliphatic heterocycles. The van der Waals surface area contributed by atoms with Gasteiger partial charge in [0.05, 0.1) is 12.8 Å². The van der Waals surface area contributed by atoms with Crippen molar-refractivity contribution >= 4 is 29.2 Å². The topological polar surface area (TPSA) is 92.0 Å². The van der Waals surface area contributed by atoms with Crippen LogP contribution in [-0.2, 0) is 6.54 Å². The Kier molecular flexibility index (Phi) is 6.82. The number of anilines is 1. The van der Waals surface area contributed by atoms with Crippen LogP contribution in [0.4, 0.5) is 5.69 Å². The number of hydrogen-bond donors (Lipinski definition) is 3. The van der Waals surface area contributed by atoms with Crippen LogP contribution in [0.1, 0.15) is 22.3 Å². The number of ether oxygens (including phenoxy) is 1. The van der Waals surface area contributed by atoms with E-state index in [4.69, 9.17) is 22.1 Å². The lowest BCUT2D eigenvalue weighted by molar-refractivity contribution is 0.1000. The van der Waals surface area contributed by atoms with Gasteiger partial charge in [-0.1, -0.05) is 23.7 Å². The summed E-state index contributed by atoms with van der Waals surface area (Å²) in [6.07, 6.45) is 0.966. The number of carbonyl (C=O) groups excluding carboxylic acids is 1. The highest BCUT2D eigenvalue weighted by Gasteiger charge is 2.25. The highest BCUT2D eigenvalue weighted by molar-refractivity contribution is 6.30. The second-order valence-electron chi connectivity index (χ2n) is 6.88. The molecule has 1 aliphatic rings. The average Bonchev–Trinajstić information content (AvgIpc) is 3.19. The number of rotatable bonds is 6. The monoisotopic (exact) mass is 415 g/mol. The van der Waals surface area contributed by atoms with E-state index in [0.29, 0.717) is 23.1 Å². The smallest absolute Gasteiger partial charge is 0.248 e. The Morgan fingerprint density at radius 3 is 2.90 bits per heavy atom. The summed E-state index contributed by atoms with van der Waals surface area (Å²) >= 11 is 6.17. The molecule has 7 nitrogen and oxygen atoms in total. The molecule has 3 rings (SSSR count). The van der Waals surface area contributed by atoms with E-state index < -0.39 is 5.91 Å². The molecule has 8 heteroatoms. The van der Waals surface area contributed by atoms with Gasteiger partial charge in [-0.2, -0.15) is 0 Å². The lowest BCUT2D eigenvalue weighted by Gasteiger charge is -2.22. The molecule has 2 aromatic rings. The van der Waals surface area contributed by atoms with E-state index >= 15 is 0 Å². The molecule has 2 aromatic carbocycles. The van der Waals surface area contributed by atoms with Gasteiger partial charge in [-0.25, -0.2) is 0 Å². The van der Waals surface area contributed by atoms with Gasteiger partial charge < -0.3 is 26.0 Å². The summed E-state index contributed by atoms with van der Waals surface area (Å²) in [4.78, 5) is 17.9. The van der Waals surface area contributed by atoms with Crippen LogP contribution in [0.25, 0.3) is 0 Å². The van der Waals surface area contributed by atoms with Crippen molar-refractivity contribution in [2.45, 2.75) is 19.0 Å². The Labute approximate surface area is 175 Å². The fourth-order valence-electron chi connectivity index (χ4n) is 3.42. The van der Waals surface area contributed by atoms with E-state index in [1.54, 1.807) is 26.3 Å². The van der Waals surface area contributed by atoms with E-state index in [9.17, 15) is 4.79 Å². The first-order valence-electron chi connectivity index (χ1n) is 9.44. The zero-order valence-electron chi connectivity index (χ0n) is 16.6. The van der Waals surface area contributed by atoms with Crippen molar-refractivity contribution in [1.82, 2.24) is 10.6 Å². The van der Waals surface area contributed by atoms with Crippen LogP contribution in [0.2, 0.25) is 5.02 Å². The summed E-state index contributed by atoms with van der Waals surface area (Å²) in [7, 11) is 3.40. The number of carbonyl (C=O) groups is 1. The van der Waals surface area contributed by atoms with Crippen molar-refractivity contribution in [3.8, 4) is 5.75 Å². The number of aliphatic imine (C=N–C) groups is 1. The van der Waals surface area contributed by atoms with Gasteiger partial charge >= 0.3 is 0 Å². The molecule has 1 atom stereocenters. The summed E-state index contributed by atoms with van der Waals surface area (Å²) in [5.74, 6) is 1.09. The van der Waals surface area contributed by atoms with Crippen molar-refractivity contribution < 1.29 is 9.53 Å². The minimum absolute atomic E-state index is 0.238. The Morgan fingerprint density at radius 1 is 1.34 bits per heavy atom. The molecule has 1 amide bonds. The van der Waals surface area contributed by atoms with Crippen LogP contribution in [0.15, 0.2) is 47.5 Å². The zero-order chi connectivity index (χ0) is 20.8. The molecule has 154 valence electrons. The number of amides is 1. The van der Waals surface area contributed by atoms with Gasteiger partial charge in [0.25, 0.3) is 0 Å². The van der Waals surface area contributed by atoms with Gasteiger partial charge in [-0.3, -0.25) is 9.79 Å². The third-order valence-electron chi connectivity index (χ3n) is 4.91. The summed E-state index contributed by atoms with van der Waals surface area (Å²) < 4.78 is 5.47. The minimum Gasteiger partial charge on any atom is -0.495 e. The molecule has 0 spiro atoms. The van der Waals surface area contributed by atoms with Gasteiger partial charge in [-0.05, 0) is 42.3 Å². The van der Waals surface area contributed by atoms with Crippen molar-refractivity contribution in [3.63, 3.8) is 0 Å². The van der Waals surface area contributed by atoms with E-state index in [1.165, 1.54) is 0 Å². The van der Waals surface area contributed by atoms with Crippen LogP contribution in [0.5, 0.6) is 5.75 Å². The Hall–Kier alpha value is -2.93. The third kappa shape index (κ3) is 5.32. The van der Waals surface area contributed by atoms with Crippen molar-refractivity contribution in [2.75, 3.05) is 32.1 Å². The lowest BCUT2D eigenvalue weighted by atomic mass is 10.1. The maximum Gasteiger partial charge on any atom is 0.248 e. The summed E-state index contributed by atoms with van der Waals surface area (Å²) in [6.45, 7) is 2.25. The first-order chi connectivity index (χ1) is 14.0. The molecule has 1 saturated heterocycles. The minimum atomic E-state index is -0.433. The van der Waals surface area contributed by atoms with Crippen molar-refractivity contribution in [2.24, 2.45) is 10.7 Å². The molecule has 0 saturated carbocycles. The SMILES string of the molecule is CN=C(NCc1cccc(C(N)=O)c1)NC1CCN(c2cc(Cl)ccc2OC)C1. The van der Waals surface area contributed by atoms with E-state index in [2.05, 4.69) is 20.5 Å². The second-order valence-corrected chi connectivity index (χ2v) is 7.32. The van der Waals surface area contributed by atoms with Crippen molar-refractivity contribution in [1.29, 1.82) is 0 Å². The molecule has 4 N–H and O–H groups in total. The van der Waals surface area contributed by atoms with Crippen LogP contribution >= 0.6 is 11.6 Å². The van der Waals surface area contributed by atoms with Crippen LogP contribution < -0.4 is 26.0 Å². The first-order valence-corrected chi connectivity index (χ1v) is 9.82. The number of guanidine groups is 1. The maximum absolute atomic E-state index is 11.3. The normalized spacial score (nSPS) is 16.6. The number of benzene rings is 2.